The lowest BCUT2D eigenvalue weighted by Gasteiger charge is -2.43. The maximum Gasteiger partial charge on any atom is 0.408 e. The van der Waals surface area contributed by atoms with Crippen molar-refractivity contribution in [2.24, 2.45) is 5.92 Å². The molecule has 8 rings (SSSR count). The molecule has 56 heavy (non-hydrogen) atoms. The maximum atomic E-state index is 13.2. The van der Waals surface area contributed by atoms with Crippen LogP contribution in [0.1, 0.15) is 64.0 Å². The number of hydrogen-bond acceptors (Lipinski definition) is 9. The Morgan fingerprint density at radius 2 is 1.71 bits per heavy atom. The first-order valence-electron chi connectivity index (χ1n) is 19.3. The molecule has 0 saturated carbocycles. The zero-order chi connectivity index (χ0) is 39.0. The highest BCUT2D eigenvalue weighted by atomic mass is 16.6. The van der Waals surface area contributed by atoms with Gasteiger partial charge in [0.1, 0.15) is 24.2 Å². The minimum absolute atomic E-state index is 0.0549. The molecule has 0 radical (unpaired) electrons. The van der Waals surface area contributed by atoms with Crippen molar-refractivity contribution in [3.63, 3.8) is 0 Å². The third kappa shape index (κ3) is 9.39. The van der Waals surface area contributed by atoms with E-state index >= 15 is 0 Å². The van der Waals surface area contributed by atoms with Gasteiger partial charge in [0.05, 0.1) is 17.7 Å². The Kier molecular flexibility index (Phi) is 12.3. The first-order valence-corrected chi connectivity index (χ1v) is 19.3. The number of carbonyl (C=O) groups excluding carboxylic acids is 2. The summed E-state index contributed by atoms with van der Waals surface area (Å²) in [6.07, 6.45) is 1.45. The predicted molar refractivity (Wildman–Crippen MR) is 214 cm³/mol. The molecule has 1 aromatic heterocycles. The zero-order valence-electron chi connectivity index (χ0n) is 31.5. The van der Waals surface area contributed by atoms with Crippen LogP contribution in [-0.4, -0.2) is 89.4 Å². The number of aromatic nitrogens is 1. The summed E-state index contributed by atoms with van der Waals surface area (Å²) in [4.78, 5) is 44.7. The summed E-state index contributed by atoms with van der Waals surface area (Å²) in [5, 5.41) is 27.8. The topological polar surface area (TPSA) is 156 Å². The van der Waals surface area contributed by atoms with Crippen LogP contribution in [0.15, 0.2) is 108 Å². The number of ether oxygens (including phenoxy) is 2. The summed E-state index contributed by atoms with van der Waals surface area (Å²) in [7, 11) is 1.76. The molecule has 1 unspecified atom stereocenters. The van der Waals surface area contributed by atoms with Gasteiger partial charge in [-0.2, -0.15) is 0 Å². The lowest BCUT2D eigenvalue weighted by Crippen LogP contribution is -2.52. The number of phenols is 1. The monoisotopic (exact) mass is 759 g/mol. The molecule has 0 spiro atoms. The predicted octanol–water partition coefficient (Wildman–Crippen LogP) is 5.51. The average Bonchev–Trinajstić information content (AvgIpc) is 3.23. The molecule has 4 heterocycles. The number of carbonyl (C=O) groups is 2. The van der Waals surface area contributed by atoms with Gasteiger partial charge in [0, 0.05) is 43.7 Å². The van der Waals surface area contributed by atoms with Crippen molar-refractivity contribution in [2.75, 3.05) is 46.3 Å². The van der Waals surface area contributed by atoms with Crippen molar-refractivity contribution in [1.82, 2.24) is 25.4 Å². The van der Waals surface area contributed by atoms with E-state index < -0.39 is 18.2 Å². The number of phenolic OH excluding ortho intramolecular Hbond substituents is 1. The SMILES string of the molecule is CN(CCCNC[C@H](O)c1ccc(O)c2[nH]c(=O)ccc12)C(=O)c1ccc(COc2cccc(C(NC(=O)O[C@H]3CN4CCC3CC4)c3ccccc3)c2)cc1. The van der Waals surface area contributed by atoms with Crippen molar-refractivity contribution in [2.45, 2.75) is 44.1 Å². The zero-order valence-corrected chi connectivity index (χ0v) is 31.5. The highest BCUT2D eigenvalue weighted by molar-refractivity contribution is 5.94. The van der Waals surface area contributed by atoms with Gasteiger partial charge in [-0.3, -0.25) is 14.5 Å². The molecule has 3 aliphatic rings. The van der Waals surface area contributed by atoms with Crippen molar-refractivity contribution in [3.8, 4) is 11.5 Å². The minimum Gasteiger partial charge on any atom is -0.506 e. The Balaban J connectivity index is 0.880. The molecule has 2 bridgehead atoms. The van der Waals surface area contributed by atoms with Crippen LogP contribution in [0.5, 0.6) is 11.5 Å². The lowest BCUT2D eigenvalue weighted by atomic mass is 9.86. The molecule has 0 aliphatic carbocycles. The normalized spacial score (nSPS) is 18.6. The standard InChI is InChI=1S/C44H49N5O7/c1-48(22-6-21-45-26-38(51)35-15-17-37(50)42-36(35)16-18-40(52)46-42)43(53)32-13-11-29(12-14-32)28-55-34-10-5-9-33(25-34)41(31-7-3-2-4-8-31)47-44(54)56-39-27-49-23-19-30(39)20-24-49/h2-5,7-18,25,30,38-39,41,45,50-51H,6,19-24,26-28H2,1H3,(H,46,52)(H,47,54)/t38-,39-,41?/m0/s1. The van der Waals surface area contributed by atoms with E-state index in [9.17, 15) is 24.6 Å². The van der Waals surface area contributed by atoms with E-state index in [0.717, 1.165) is 49.2 Å². The van der Waals surface area contributed by atoms with E-state index in [2.05, 4.69) is 20.5 Å². The van der Waals surface area contributed by atoms with Crippen molar-refractivity contribution >= 4 is 22.9 Å². The Bertz CT molecular complexity index is 2170. The summed E-state index contributed by atoms with van der Waals surface area (Å²) >= 11 is 0. The largest absolute Gasteiger partial charge is 0.506 e. The van der Waals surface area contributed by atoms with Gasteiger partial charge < -0.3 is 40.2 Å². The number of benzene rings is 4. The molecule has 12 nitrogen and oxygen atoms in total. The number of nitrogens with zero attached hydrogens (tertiary/aromatic N) is 2. The molecule has 2 amide bonds. The van der Waals surface area contributed by atoms with Gasteiger partial charge in [0.15, 0.2) is 0 Å². The summed E-state index contributed by atoms with van der Waals surface area (Å²) in [6, 6.07) is 30.5. The molecule has 5 N–H and O–H groups in total. The lowest BCUT2D eigenvalue weighted by molar-refractivity contribution is -0.0336. The number of aliphatic hydroxyl groups is 1. The number of nitrogens with one attached hydrogen (secondary N) is 3. The highest BCUT2D eigenvalue weighted by Gasteiger charge is 2.37. The van der Waals surface area contributed by atoms with Gasteiger partial charge in [-0.05, 0) is 103 Å². The van der Waals surface area contributed by atoms with Gasteiger partial charge in [-0.15, -0.1) is 0 Å². The fourth-order valence-electron chi connectivity index (χ4n) is 7.69. The number of aromatic hydroxyl groups is 1. The average molecular weight is 760 g/mol. The van der Waals surface area contributed by atoms with Crippen LogP contribution < -0.4 is 20.9 Å². The number of aliphatic hydroxyl groups excluding tert-OH is 1. The Labute approximate surface area is 326 Å². The summed E-state index contributed by atoms with van der Waals surface area (Å²) in [6.45, 7) is 4.61. The Morgan fingerprint density at radius 3 is 2.46 bits per heavy atom. The summed E-state index contributed by atoms with van der Waals surface area (Å²) in [5.74, 6) is 0.927. The van der Waals surface area contributed by atoms with Crippen LogP contribution in [0.4, 0.5) is 4.79 Å². The number of piperidine rings is 3. The van der Waals surface area contributed by atoms with E-state index in [1.165, 1.54) is 12.1 Å². The molecule has 12 heteroatoms. The number of amides is 2. The van der Waals surface area contributed by atoms with E-state index in [4.69, 9.17) is 9.47 Å². The van der Waals surface area contributed by atoms with Crippen molar-refractivity contribution in [1.29, 1.82) is 0 Å². The van der Waals surface area contributed by atoms with Crippen LogP contribution in [0.2, 0.25) is 0 Å². The number of hydrogen-bond donors (Lipinski definition) is 5. The van der Waals surface area contributed by atoms with E-state index in [1.807, 2.05) is 66.7 Å². The third-order valence-electron chi connectivity index (χ3n) is 10.8. The molecular weight excluding hydrogens is 711 g/mol. The molecule has 4 aromatic carbocycles. The fourth-order valence-corrected chi connectivity index (χ4v) is 7.69. The molecule has 5 aromatic rings. The molecule has 3 fully saturated rings. The third-order valence-corrected chi connectivity index (χ3v) is 10.8. The number of rotatable bonds is 15. The van der Waals surface area contributed by atoms with Crippen LogP contribution in [-0.2, 0) is 11.3 Å². The number of alkyl carbamates (subject to hydrolysis) is 1. The van der Waals surface area contributed by atoms with Gasteiger partial charge in [0.2, 0.25) is 5.56 Å². The Morgan fingerprint density at radius 1 is 0.946 bits per heavy atom. The molecule has 3 aliphatic heterocycles. The van der Waals surface area contributed by atoms with Gasteiger partial charge in [0.25, 0.3) is 5.91 Å². The van der Waals surface area contributed by atoms with Gasteiger partial charge in [-0.1, -0.05) is 60.7 Å². The molecule has 3 saturated heterocycles. The van der Waals surface area contributed by atoms with E-state index in [1.54, 1.807) is 36.2 Å². The van der Waals surface area contributed by atoms with Crippen LogP contribution >= 0.6 is 0 Å². The van der Waals surface area contributed by atoms with E-state index in [0.29, 0.717) is 59.8 Å². The number of fused-ring (bicyclic) bond motifs is 4. The number of aromatic amines is 1. The van der Waals surface area contributed by atoms with Crippen molar-refractivity contribution < 1.29 is 29.3 Å². The molecule has 3 atom stereocenters. The molecule has 292 valence electrons. The second-order valence-corrected chi connectivity index (χ2v) is 14.7. The second kappa shape index (κ2) is 17.8. The van der Waals surface area contributed by atoms with Crippen LogP contribution in [0.3, 0.4) is 0 Å². The Hall–Kier alpha value is -5.69. The number of H-pyrrole nitrogens is 1. The minimum atomic E-state index is -0.853. The van der Waals surface area contributed by atoms with Gasteiger partial charge in [-0.25, -0.2) is 4.79 Å². The van der Waals surface area contributed by atoms with Crippen LogP contribution in [0.25, 0.3) is 10.9 Å². The first kappa shape index (κ1) is 38.6. The van der Waals surface area contributed by atoms with Gasteiger partial charge >= 0.3 is 6.09 Å². The maximum absolute atomic E-state index is 13.2. The fraction of sp³-hybridized carbons (Fsp3) is 0.341. The molecular formula is C44H49N5O7. The summed E-state index contributed by atoms with van der Waals surface area (Å²) < 4.78 is 12.2. The first-order chi connectivity index (χ1) is 27.2. The highest BCUT2D eigenvalue weighted by Crippen LogP contribution is 2.31. The number of pyridine rings is 1. The van der Waals surface area contributed by atoms with Crippen LogP contribution in [0, 0.1) is 5.92 Å². The van der Waals surface area contributed by atoms with Crippen molar-refractivity contribution in [3.05, 3.63) is 141 Å². The smallest absolute Gasteiger partial charge is 0.408 e. The second-order valence-electron chi connectivity index (χ2n) is 14.7. The van der Waals surface area contributed by atoms with E-state index in [-0.39, 0.29) is 29.9 Å². The quantitative estimate of drug-likeness (QED) is 0.0870. The summed E-state index contributed by atoms with van der Waals surface area (Å²) in [5.41, 5.74) is 3.85.